The molecule has 0 spiro atoms. The summed E-state index contributed by atoms with van der Waals surface area (Å²) in [4.78, 5) is 2.65. The van der Waals surface area contributed by atoms with Crippen LogP contribution < -0.4 is 10.9 Å². The number of hydrogen-bond acceptors (Lipinski definition) is 3. The van der Waals surface area contributed by atoms with Crippen molar-refractivity contribution in [2.45, 2.75) is 44.2 Å². The van der Waals surface area contributed by atoms with Crippen LogP contribution in [0.1, 0.15) is 32.1 Å². The van der Waals surface area contributed by atoms with Crippen molar-refractivity contribution >= 4 is 0 Å². The molecule has 0 aromatic heterocycles. The van der Waals surface area contributed by atoms with Crippen LogP contribution in [0.15, 0.2) is 0 Å². The lowest BCUT2D eigenvalue weighted by Gasteiger charge is -2.42. The van der Waals surface area contributed by atoms with Gasteiger partial charge in [-0.2, -0.15) is 0 Å². The molecule has 0 atom stereocenters. The molecular formula is C10H21N3. The van der Waals surface area contributed by atoms with E-state index in [0.29, 0.717) is 6.04 Å². The maximum Gasteiger partial charge on any atom is 0.0214 e. The van der Waals surface area contributed by atoms with Crippen LogP contribution in [-0.2, 0) is 0 Å². The minimum Gasteiger partial charge on any atom is -0.300 e. The molecule has 0 amide bonds. The van der Waals surface area contributed by atoms with Crippen molar-refractivity contribution in [1.29, 1.82) is 0 Å². The lowest BCUT2D eigenvalue weighted by atomic mass is 9.89. The average Bonchev–Trinajstić information content (AvgIpc) is 2.06. The first-order valence-electron chi connectivity index (χ1n) is 5.56. The second-order valence-electron chi connectivity index (χ2n) is 4.29. The Labute approximate surface area is 80.8 Å². The third-order valence-electron chi connectivity index (χ3n) is 3.45. The normalized spacial score (nSPS) is 35.8. The van der Waals surface area contributed by atoms with E-state index in [0.717, 1.165) is 6.04 Å². The molecule has 3 heteroatoms. The van der Waals surface area contributed by atoms with Gasteiger partial charge in [0.2, 0.25) is 0 Å². The summed E-state index contributed by atoms with van der Waals surface area (Å²) in [5.74, 6) is 0. The highest BCUT2D eigenvalue weighted by atomic mass is 15.3. The van der Waals surface area contributed by atoms with Crippen LogP contribution in [0.4, 0.5) is 0 Å². The van der Waals surface area contributed by atoms with Crippen molar-refractivity contribution in [2.24, 2.45) is 0 Å². The number of hydrazine groups is 1. The van der Waals surface area contributed by atoms with Gasteiger partial charge in [0.25, 0.3) is 0 Å². The predicted octanol–water partition coefficient (Wildman–Crippen LogP) is 0.727. The Morgan fingerprint density at radius 1 is 1.08 bits per heavy atom. The molecule has 2 rings (SSSR count). The number of nitrogens with one attached hydrogen (secondary N) is 2. The highest BCUT2D eigenvalue weighted by Crippen LogP contribution is 2.25. The molecule has 3 nitrogen and oxygen atoms in total. The molecule has 2 fully saturated rings. The Morgan fingerprint density at radius 2 is 1.77 bits per heavy atom. The third-order valence-corrected chi connectivity index (χ3v) is 3.45. The van der Waals surface area contributed by atoms with Crippen LogP contribution >= 0.6 is 0 Å². The van der Waals surface area contributed by atoms with Gasteiger partial charge >= 0.3 is 0 Å². The van der Waals surface area contributed by atoms with Crippen molar-refractivity contribution in [3.63, 3.8) is 0 Å². The van der Waals surface area contributed by atoms with Crippen LogP contribution in [0.25, 0.3) is 0 Å². The molecule has 1 heterocycles. The molecule has 76 valence electrons. The minimum absolute atomic E-state index is 0.711. The Hall–Kier alpha value is -0.120. The first-order chi connectivity index (χ1) is 6.40. The average molecular weight is 183 g/mol. The third kappa shape index (κ3) is 2.22. The molecule has 0 unspecified atom stereocenters. The van der Waals surface area contributed by atoms with E-state index < -0.39 is 0 Å². The standard InChI is InChI=1S/C10H21N3/c1-11-12-9-3-5-10(6-4-9)13-7-2-8-13/h9-12H,2-8H2,1H3/t9-,10-. The van der Waals surface area contributed by atoms with E-state index >= 15 is 0 Å². The van der Waals surface area contributed by atoms with Gasteiger partial charge in [0.15, 0.2) is 0 Å². The molecule has 0 aromatic rings. The van der Waals surface area contributed by atoms with Crippen molar-refractivity contribution in [3.05, 3.63) is 0 Å². The Bertz CT molecular complexity index is 148. The van der Waals surface area contributed by atoms with Gasteiger partial charge in [-0.3, -0.25) is 10.9 Å². The van der Waals surface area contributed by atoms with Gasteiger partial charge in [-0.05, 0) is 52.2 Å². The second-order valence-corrected chi connectivity index (χ2v) is 4.29. The topological polar surface area (TPSA) is 27.3 Å². The van der Waals surface area contributed by atoms with Crippen molar-refractivity contribution in [3.8, 4) is 0 Å². The van der Waals surface area contributed by atoms with E-state index in [9.17, 15) is 0 Å². The minimum atomic E-state index is 0.711. The van der Waals surface area contributed by atoms with E-state index in [1.807, 2.05) is 7.05 Å². The van der Waals surface area contributed by atoms with Crippen molar-refractivity contribution in [2.75, 3.05) is 20.1 Å². The lowest BCUT2D eigenvalue weighted by Crippen LogP contribution is -2.49. The maximum absolute atomic E-state index is 3.31. The molecule has 1 aliphatic heterocycles. The quantitative estimate of drug-likeness (QED) is 0.632. The number of hydrogen-bond donors (Lipinski definition) is 2. The highest BCUT2D eigenvalue weighted by Gasteiger charge is 2.28. The molecule has 1 aliphatic carbocycles. The summed E-state index contributed by atoms with van der Waals surface area (Å²) in [6.45, 7) is 2.71. The number of rotatable bonds is 3. The molecule has 1 saturated carbocycles. The summed E-state index contributed by atoms with van der Waals surface area (Å²) >= 11 is 0. The summed E-state index contributed by atoms with van der Waals surface area (Å²) in [5.41, 5.74) is 6.36. The van der Waals surface area contributed by atoms with Crippen LogP contribution in [0, 0.1) is 0 Å². The zero-order valence-electron chi connectivity index (χ0n) is 8.55. The highest BCUT2D eigenvalue weighted by molar-refractivity contribution is 4.85. The zero-order chi connectivity index (χ0) is 9.10. The molecule has 2 aliphatic rings. The van der Waals surface area contributed by atoms with E-state index in [1.54, 1.807) is 0 Å². The predicted molar refractivity (Wildman–Crippen MR) is 54.4 cm³/mol. The summed E-state index contributed by atoms with van der Waals surface area (Å²) in [6, 6.07) is 1.62. The van der Waals surface area contributed by atoms with Gasteiger partial charge in [-0.15, -0.1) is 0 Å². The first-order valence-corrected chi connectivity index (χ1v) is 5.56. The van der Waals surface area contributed by atoms with Crippen molar-refractivity contribution in [1.82, 2.24) is 15.8 Å². The molecule has 2 N–H and O–H groups in total. The SMILES string of the molecule is CNN[C@H]1CC[C@H](N2CCC2)CC1. The monoisotopic (exact) mass is 183 g/mol. The summed E-state index contributed by atoms with van der Waals surface area (Å²) in [5, 5.41) is 0. The van der Waals surface area contributed by atoms with Crippen LogP contribution in [0.3, 0.4) is 0 Å². The summed E-state index contributed by atoms with van der Waals surface area (Å²) in [7, 11) is 1.96. The molecular weight excluding hydrogens is 162 g/mol. The molecule has 13 heavy (non-hydrogen) atoms. The number of likely N-dealkylation sites (tertiary alicyclic amines) is 1. The largest absolute Gasteiger partial charge is 0.300 e. The van der Waals surface area contributed by atoms with Crippen molar-refractivity contribution < 1.29 is 0 Å². The fourth-order valence-electron chi connectivity index (χ4n) is 2.50. The van der Waals surface area contributed by atoms with Crippen LogP contribution in [0.2, 0.25) is 0 Å². The van der Waals surface area contributed by atoms with Gasteiger partial charge in [0, 0.05) is 12.1 Å². The second kappa shape index (κ2) is 4.40. The van der Waals surface area contributed by atoms with E-state index in [1.165, 1.54) is 45.2 Å². The van der Waals surface area contributed by atoms with E-state index in [2.05, 4.69) is 15.8 Å². The summed E-state index contributed by atoms with van der Waals surface area (Å²) in [6.07, 6.45) is 6.87. The molecule has 0 aromatic carbocycles. The van der Waals surface area contributed by atoms with E-state index in [4.69, 9.17) is 0 Å². The Morgan fingerprint density at radius 3 is 2.23 bits per heavy atom. The molecule has 0 bridgehead atoms. The Kier molecular flexibility index (Phi) is 3.19. The smallest absolute Gasteiger partial charge is 0.0214 e. The molecule has 0 radical (unpaired) electrons. The number of nitrogens with zero attached hydrogens (tertiary/aromatic N) is 1. The first kappa shape index (κ1) is 9.44. The lowest BCUT2D eigenvalue weighted by molar-refractivity contribution is 0.0826. The molecule has 1 saturated heterocycles. The Balaban J connectivity index is 1.69. The summed E-state index contributed by atoms with van der Waals surface area (Å²) < 4.78 is 0. The van der Waals surface area contributed by atoms with Crippen LogP contribution in [0.5, 0.6) is 0 Å². The van der Waals surface area contributed by atoms with Gasteiger partial charge in [0.05, 0.1) is 0 Å². The van der Waals surface area contributed by atoms with Gasteiger partial charge in [-0.25, -0.2) is 0 Å². The zero-order valence-corrected chi connectivity index (χ0v) is 8.55. The van der Waals surface area contributed by atoms with Gasteiger partial charge in [0.1, 0.15) is 0 Å². The van der Waals surface area contributed by atoms with E-state index in [-0.39, 0.29) is 0 Å². The van der Waals surface area contributed by atoms with Gasteiger partial charge < -0.3 is 4.90 Å². The van der Waals surface area contributed by atoms with Crippen LogP contribution in [-0.4, -0.2) is 37.1 Å². The fourth-order valence-corrected chi connectivity index (χ4v) is 2.50. The fraction of sp³-hybridized carbons (Fsp3) is 1.00. The maximum atomic E-state index is 3.31. The van der Waals surface area contributed by atoms with Gasteiger partial charge in [-0.1, -0.05) is 0 Å².